The van der Waals surface area contributed by atoms with E-state index in [4.69, 9.17) is 9.84 Å². The standard InChI is InChI=1S/C27H28N2O5/c1-19(8-5-6-17-30)27(33)22-9-3-4-10-23(22)29(26(27)32)18-20-12-14-21(15-13-20)28-16-7-11-24(34-2)25(28)31/h3-5,7-16,19,30,33H,6,17-18H2,1-2H3/b8-5+/t19-,27+/m0/s1. The van der Waals surface area contributed by atoms with Crippen LogP contribution < -0.4 is 15.2 Å². The quantitative estimate of drug-likeness (QED) is 0.504. The van der Waals surface area contributed by atoms with Gasteiger partial charge in [-0.2, -0.15) is 0 Å². The van der Waals surface area contributed by atoms with Crippen LogP contribution in [0.3, 0.4) is 0 Å². The first-order chi connectivity index (χ1) is 16.4. The molecule has 1 aliphatic rings. The van der Waals surface area contributed by atoms with Crippen molar-refractivity contribution in [2.75, 3.05) is 18.6 Å². The predicted molar refractivity (Wildman–Crippen MR) is 130 cm³/mol. The highest BCUT2D eigenvalue weighted by Crippen LogP contribution is 2.45. The lowest BCUT2D eigenvalue weighted by molar-refractivity contribution is -0.139. The second-order valence-corrected chi connectivity index (χ2v) is 8.32. The van der Waals surface area contributed by atoms with Crippen LogP contribution in [0.4, 0.5) is 5.69 Å². The van der Waals surface area contributed by atoms with E-state index in [1.807, 2.05) is 42.5 Å². The van der Waals surface area contributed by atoms with Gasteiger partial charge in [-0.1, -0.05) is 49.4 Å². The average molecular weight is 461 g/mol. The summed E-state index contributed by atoms with van der Waals surface area (Å²) in [5, 5.41) is 20.6. The molecular formula is C27H28N2O5. The van der Waals surface area contributed by atoms with Crippen LogP contribution in [0.5, 0.6) is 5.75 Å². The molecule has 4 rings (SSSR count). The number of benzene rings is 2. The van der Waals surface area contributed by atoms with Crippen molar-refractivity contribution in [2.24, 2.45) is 5.92 Å². The maximum Gasteiger partial charge on any atom is 0.297 e. The molecule has 0 radical (unpaired) electrons. The Hall–Kier alpha value is -3.68. The van der Waals surface area contributed by atoms with Crippen molar-refractivity contribution in [3.05, 3.63) is 100 Å². The van der Waals surface area contributed by atoms with Gasteiger partial charge in [0.05, 0.1) is 19.3 Å². The molecule has 1 aliphatic heterocycles. The number of hydrogen-bond acceptors (Lipinski definition) is 5. The van der Waals surface area contributed by atoms with E-state index in [2.05, 4.69) is 0 Å². The molecule has 176 valence electrons. The third-order valence-corrected chi connectivity index (χ3v) is 6.24. The van der Waals surface area contributed by atoms with Crippen molar-refractivity contribution in [3.63, 3.8) is 0 Å². The lowest BCUT2D eigenvalue weighted by atomic mass is 9.83. The number of aliphatic hydroxyl groups excluding tert-OH is 1. The molecule has 0 bridgehead atoms. The van der Waals surface area contributed by atoms with Crippen LogP contribution >= 0.6 is 0 Å². The smallest absolute Gasteiger partial charge is 0.297 e. The fourth-order valence-electron chi connectivity index (χ4n) is 4.35. The summed E-state index contributed by atoms with van der Waals surface area (Å²) in [7, 11) is 1.46. The Bertz CT molecular complexity index is 1260. The Kier molecular flexibility index (Phi) is 6.68. The summed E-state index contributed by atoms with van der Waals surface area (Å²) in [5.41, 5.74) is 0.840. The Morgan fingerprint density at radius 2 is 1.79 bits per heavy atom. The molecule has 0 saturated carbocycles. The zero-order valence-corrected chi connectivity index (χ0v) is 19.2. The predicted octanol–water partition coefficient (Wildman–Crippen LogP) is 3.16. The van der Waals surface area contributed by atoms with E-state index in [0.29, 0.717) is 23.4 Å². The number of pyridine rings is 1. The molecule has 1 aromatic heterocycles. The van der Waals surface area contributed by atoms with Crippen molar-refractivity contribution < 1.29 is 19.7 Å². The number of rotatable bonds is 8. The first-order valence-electron chi connectivity index (χ1n) is 11.2. The molecule has 7 nitrogen and oxygen atoms in total. The van der Waals surface area contributed by atoms with Gasteiger partial charge in [0.15, 0.2) is 11.4 Å². The molecule has 0 spiro atoms. The number of methoxy groups -OCH3 is 1. The van der Waals surface area contributed by atoms with Gasteiger partial charge >= 0.3 is 0 Å². The summed E-state index contributed by atoms with van der Waals surface area (Å²) in [5.74, 6) is -0.602. The number of carbonyl (C=O) groups excluding carboxylic acids is 1. The summed E-state index contributed by atoms with van der Waals surface area (Å²) in [6.07, 6.45) is 5.68. The number of hydrogen-bond donors (Lipinski definition) is 2. The molecule has 3 aromatic rings. The van der Waals surface area contributed by atoms with E-state index in [9.17, 15) is 14.7 Å². The summed E-state index contributed by atoms with van der Waals surface area (Å²) in [6.45, 7) is 2.08. The number of anilines is 1. The number of ether oxygens (including phenoxy) is 1. The van der Waals surface area contributed by atoms with Crippen LogP contribution in [0.2, 0.25) is 0 Å². The molecule has 34 heavy (non-hydrogen) atoms. The maximum absolute atomic E-state index is 13.5. The Morgan fingerprint density at radius 3 is 2.50 bits per heavy atom. The molecule has 2 heterocycles. The van der Waals surface area contributed by atoms with Crippen LogP contribution in [0.15, 0.2) is 83.8 Å². The molecule has 2 atom stereocenters. The SMILES string of the molecule is COc1cccn(-c2ccc(CN3C(=O)[C@@](O)([C@@H](C)/C=C/CCO)c4ccccc43)cc2)c1=O. The molecule has 0 unspecified atom stereocenters. The minimum Gasteiger partial charge on any atom is -0.491 e. The zero-order chi connectivity index (χ0) is 24.3. The van der Waals surface area contributed by atoms with Crippen LogP contribution in [0, 0.1) is 5.92 Å². The number of aliphatic hydroxyl groups is 2. The fourth-order valence-corrected chi connectivity index (χ4v) is 4.35. The second kappa shape index (κ2) is 9.67. The number of carbonyl (C=O) groups is 1. The van der Waals surface area contributed by atoms with E-state index in [0.717, 1.165) is 5.56 Å². The lowest BCUT2D eigenvalue weighted by Gasteiger charge is -2.27. The molecule has 2 N–H and O–H groups in total. The normalized spacial score (nSPS) is 18.4. The average Bonchev–Trinajstić information content (AvgIpc) is 3.08. The van der Waals surface area contributed by atoms with Gasteiger partial charge in [-0.3, -0.25) is 14.2 Å². The molecule has 2 aromatic carbocycles. The van der Waals surface area contributed by atoms with Crippen molar-refractivity contribution in [1.29, 1.82) is 0 Å². The number of amides is 1. The first-order valence-corrected chi connectivity index (χ1v) is 11.2. The topological polar surface area (TPSA) is 92.0 Å². The van der Waals surface area contributed by atoms with Crippen molar-refractivity contribution in [3.8, 4) is 11.4 Å². The van der Waals surface area contributed by atoms with Crippen LogP contribution in [-0.2, 0) is 16.9 Å². The van der Waals surface area contributed by atoms with Crippen molar-refractivity contribution in [1.82, 2.24) is 4.57 Å². The minimum atomic E-state index is -1.68. The van der Waals surface area contributed by atoms with Crippen LogP contribution in [0.1, 0.15) is 24.5 Å². The highest BCUT2D eigenvalue weighted by atomic mass is 16.5. The van der Waals surface area contributed by atoms with E-state index >= 15 is 0 Å². The third-order valence-electron chi connectivity index (χ3n) is 6.24. The van der Waals surface area contributed by atoms with Gasteiger partial charge in [0.2, 0.25) is 0 Å². The van der Waals surface area contributed by atoms with Crippen molar-refractivity contribution in [2.45, 2.75) is 25.5 Å². The Balaban J connectivity index is 1.62. The fraction of sp³-hybridized carbons (Fsp3) is 0.259. The van der Waals surface area contributed by atoms with E-state index < -0.39 is 11.5 Å². The van der Waals surface area contributed by atoms with Gasteiger partial charge in [0.25, 0.3) is 11.5 Å². The van der Waals surface area contributed by atoms with Crippen LogP contribution in [-0.4, -0.2) is 34.4 Å². The molecule has 0 saturated heterocycles. The van der Waals surface area contributed by atoms with Gasteiger partial charge in [-0.15, -0.1) is 0 Å². The van der Waals surface area contributed by atoms with E-state index in [-0.39, 0.29) is 30.4 Å². The summed E-state index contributed by atoms with van der Waals surface area (Å²) >= 11 is 0. The van der Waals surface area contributed by atoms with Crippen LogP contribution in [0.25, 0.3) is 5.69 Å². The summed E-state index contributed by atoms with van der Waals surface area (Å²) in [6, 6.07) is 18.0. The molecule has 1 amide bonds. The van der Waals surface area contributed by atoms with Gasteiger partial charge in [-0.05, 0) is 42.3 Å². The molecular weight excluding hydrogens is 432 g/mol. The highest BCUT2D eigenvalue weighted by molar-refractivity contribution is 6.07. The number of fused-ring (bicyclic) bond motifs is 1. The molecule has 7 heteroatoms. The maximum atomic E-state index is 13.5. The van der Waals surface area contributed by atoms with E-state index in [1.54, 1.807) is 48.4 Å². The summed E-state index contributed by atoms with van der Waals surface area (Å²) in [4.78, 5) is 27.6. The minimum absolute atomic E-state index is 0.0101. The molecule has 0 aliphatic carbocycles. The number of nitrogens with zero attached hydrogens (tertiary/aromatic N) is 2. The second-order valence-electron chi connectivity index (χ2n) is 8.32. The van der Waals surface area contributed by atoms with Crippen molar-refractivity contribution >= 4 is 11.6 Å². The Morgan fingerprint density at radius 1 is 1.06 bits per heavy atom. The summed E-state index contributed by atoms with van der Waals surface area (Å²) < 4.78 is 6.61. The Labute approximate surface area is 198 Å². The van der Waals surface area contributed by atoms with Gasteiger partial charge in [0, 0.05) is 30.0 Å². The zero-order valence-electron chi connectivity index (χ0n) is 19.2. The largest absolute Gasteiger partial charge is 0.491 e. The number of para-hydroxylation sites is 1. The highest BCUT2D eigenvalue weighted by Gasteiger charge is 2.52. The number of aromatic nitrogens is 1. The van der Waals surface area contributed by atoms with Gasteiger partial charge in [-0.25, -0.2) is 0 Å². The van der Waals surface area contributed by atoms with Gasteiger partial charge < -0.3 is 19.8 Å². The molecule has 0 fully saturated rings. The first kappa shape index (κ1) is 23.5. The lowest BCUT2D eigenvalue weighted by Crippen LogP contribution is -2.44. The monoisotopic (exact) mass is 460 g/mol. The third kappa shape index (κ3) is 4.04. The van der Waals surface area contributed by atoms with Gasteiger partial charge in [0.1, 0.15) is 0 Å². The van der Waals surface area contributed by atoms with E-state index in [1.165, 1.54) is 11.7 Å².